The molecule has 0 aliphatic rings. The average molecular weight is 248 g/mol. The molecule has 0 atom stereocenters. The Morgan fingerprint density at radius 3 is 2.44 bits per heavy atom. The third kappa shape index (κ3) is 3.09. The number of benzene rings is 1. The number of methoxy groups -OCH3 is 2. The number of ether oxygens (including phenoxy) is 3. The van der Waals surface area contributed by atoms with E-state index in [0.717, 1.165) is 11.4 Å². The van der Waals surface area contributed by atoms with Gasteiger partial charge < -0.3 is 18.8 Å². The summed E-state index contributed by atoms with van der Waals surface area (Å²) in [7, 11) is 3.17. The van der Waals surface area contributed by atoms with Gasteiger partial charge in [0.15, 0.2) is 6.29 Å². The maximum atomic E-state index is 5.55. The van der Waals surface area contributed by atoms with Crippen molar-refractivity contribution in [2.24, 2.45) is 0 Å². The van der Waals surface area contributed by atoms with E-state index in [4.69, 9.17) is 14.2 Å². The maximum absolute atomic E-state index is 5.55. The molecule has 5 heteroatoms. The van der Waals surface area contributed by atoms with Crippen molar-refractivity contribution < 1.29 is 14.2 Å². The van der Waals surface area contributed by atoms with Crippen molar-refractivity contribution in [1.82, 2.24) is 9.55 Å². The van der Waals surface area contributed by atoms with Crippen LogP contribution in [-0.4, -0.2) is 36.7 Å². The van der Waals surface area contributed by atoms with Crippen molar-refractivity contribution in [1.29, 1.82) is 0 Å². The molecule has 0 bridgehead atoms. The summed E-state index contributed by atoms with van der Waals surface area (Å²) in [5.74, 6) is 0.776. The summed E-state index contributed by atoms with van der Waals surface area (Å²) < 4.78 is 17.6. The van der Waals surface area contributed by atoms with E-state index in [1.165, 1.54) is 0 Å². The summed E-state index contributed by atoms with van der Waals surface area (Å²) >= 11 is 0. The zero-order valence-electron chi connectivity index (χ0n) is 10.4. The fraction of sp³-hybridized carbons (Fsp3) is 0.308. The molecule has 2 aromatic rings. The fourth-order valence-electron chi connectivity index (χ4n) is 1.52. The van der Waals surface area contributed by atoms with Gasteiger partial charge in [-0.05, 0) is 24.3 Å². The van der Waals surface area contributed by atoms with Gasteiger partial charge in [-0.15, -0.1) is 0 Å². The average Bonchev–Trinajstić information content (AvgIpc) is 2.94. The van der Waals surface area contributed by atoms with E-state index in [1.54, 1.807) is 26.7 Å². The van der Waals surface area contributed by atoms with Gasteiger partial charge in [-0.2, -0.15) is 0 Å². The van der Waals surface area contributed by atoms with Crippen LogP contribution >= 0.6 is 0 Å². The smallest absolute Gasteiger partial charge is 0.191 e. The molecule has 18 heavy (non-hydrogen) atoms. The number of aromatic nitrogens is 2. The minimum absolute atomic E-state index is 0.349. The Labute approximate surface area is 106 Å². The molecule has 0 saturated heterocycles. The summed E-state index contributed by atoms with van der Waals surface area (Å²) in [6.45, 7) is 0.359. The summed E-state index contributed by atoms with van der Waals surface area (Å²) in [4.78, 5) is 4.00. The third-order valence-corrected chi connectivity index (χ3v) is 2.55. The lowest BCUT2D eigenvalue weighted by atomic mass is 10.3. The van der Waals surface area contributed by atoms with Crippen molar-refractivity contribution in [2.75, 3.05) is 20.8 Å². The van der Waals surface area contributed by atoms with Crippen LogP contribution in [0.4, 0.5) is 0 Å². The van der Waals surface area contributed by atoms with E-state index < -0.39 is 0 Å². The van der Waals surface area contributed by atoms with E-state index >= 15 is 0 Å². The normalized spacial score (nSPS) is 10.8. The fourth-order valence-corrected chi connectivity index (χ4v) is 1.52. The monoisotopic (exact) mass is 248 g/mol. The Balaban J connectivity index is 1.96. The Morgan fingerprint density at radius 1 is 1.17 bits per heavy atom. The van der Waals surface area contributed by atoms with Crippen LogP contribution in [0.1, 0.15) is 0 Å². The molecule has 0 N–H and O–H groups in total. The molecule has 0 fully saturated rings. The van der Waals surface area contributed by atoms with Crippen LogP contribution < -0.4 is 4.74 Å². The molecule has 1 heterocycles. The molecule has 5 nitrogen and oxygen atoms in total. The van der Waals surface area contributed by atoms with Crippen LogP contribution in [0.2, 0.25) is 0 Å². The SMILES string of the molecule is COC(COc1ccc(-n2ccnc2)cc1)OC. The van der Waals surface area contributed by atoms with Gasteiger partial charge in [0.25, 0.3) is 0 Å². The first-order valence-electron chi connectivity index (χ1n) is 5.60. The highest BCUT2D eigenvalue weighted by atomic mass is 16.7. The Morgan fingerprint density at radius 2 is 1.89 bits per heavy atom. The number of imidazole rings is 1. The molecule has 0 unspecified atom stereocenters. The van der Waals surface area contributed by atoms with Gasteiger partial charge in [-0.3, -0.25) is 0 Å². The number of rotatable bonds is 6. The zero-order valence-corrected chi connectivity index (χ0v) is 10.4. The molecule has 0 spiro atoms. The second-order valence-electron chi connectivity index (χ2n) is 3.68. The van der Waals surface area contributed by atoms with Crippen LogP contribution in [-0.2, 0) is 9.47 Å². The first-order valence-corrected chi connectivity index (χ1v) is 5.60. The molecular formula is C13H16N2O3. The molecule has 2 rings (SSSR count). The minimum Gasteiger partial charge on any atom is -0.488 e. The van der Waals surface area contributed by atoms with Gasteiger partial charge in [-0.1, -0.05) is 0 Å². The van der Waals surface area contributed by atoms with Crippen LogP contribution in [0.3, 0.4) is 0 Å². The van der Waals surface area contributed by atoms with Gasteiger partial charge in [0.1, 0.15) is 12.4 Å². The first kappa shape index (κ1) is 12.6. The summed E-state index contributed by atoms with van der Waals surface area (Å²) in [6.07, 6.45) is 5.04. The van der Waals surface area contributed by atoms with Crippen LogP contribution in [0.25, 0.3) is 5.69 Å². The van der Waals surface area contributed by atoms with E-state index in [2.05, 4.69) is 4.98 Å². The lowest BCUT2D eigenvalue weighted by molar-refractivity contribution is -0.121. The summed E-state index contributed by atoms with van der Waals surface area (Å²) in [5.41, 5.74) is 1.04. The van der Waals surface area contributed by atoms with Gasteiger partial charge in [0.2, 0.25) is 0 Å². The molecule has 96 valence electrons. The lowest BCUT2D eigenvalue weighted by Gasteiger charge is -2.14. The predicted octanol–water partition coefficient (Wildman–Crippen LogP) is 1.87. The van der Waals surface area contributed by atoms with Crippen LogP contribution in [0.5, 0.6) is 5.75 Å². The molecule has 0 aliphatic carbocycles. The van der Waals surface area contributed by atoms with Gasteiger partial charge in [0, 0.05) is 32.3 Å². The first-order chi connectivity index (χ1) is 8.83. The van der Waals surface area contributed by atoms with E-state index in [0.29, 0.717) is 6.61 Å². The highest BCUT2D eigenvalue weighted by Gasteiger charge is 2.05. The summed E-state index contributed by atoms with van der Waals surface area (Å²) in [5, 5.41) is 0. The van der Waals surface area contributed by atoms with Crippen LogP contribution in [0.15, 0.2) is 43.0 Å². The van der Waals surface area contributed by atoms with E-state index in [1.807, 2.05) is 35.0 Å². The molecule has 0 saturated carbocycles. The van der Waals surface area contributed by atoms with Gasteiger partial charge in [-0.25, -0.2) is 4.98 Å². The standard InChI is InChI=1S/C13H16N2O3/c1-16-13(17-2)9-18-12-5-3-11(4-6-12)15-8-7-14-10-15/h3-8,10,13H,9H2,1-2H3. The van der Waals surface area contributed by atoms with Gasteiger partial charge >= 0.3 is 0 Å². The molecule has 1 aromatic heterocycles. The quantitative estimate of drug-likeness (QED) is 0.732. The van der Waals surface area contributed by atoms with Crippen molar-refractivity contribution in [3.63, 3.8) is 0 Å². The van der Waals surface area contributed by atoms with Crippen LogP contribution in [0, 0.1) is 0 Å². The largest absolute Gasteiger partial charge is 0.488 e. The molecular weight excluding hydrogens is 232 g/mol. The predicted molar refractivity (Wildman–Crippen MR) is 66.9 cm³/mol. The molecule has 1 aromatic carbocycles. The van der Waals surface area contributed by atoms with Crippen molar-refractivity contribution in [2.45, 2.75) is 6.29 Å². The highest BCUT2D eigenvalue weighted by Crippen LogP contribution is 2.15. The lowest BCUT2D eigenvalue weighted by Crippen LogP contribution is -2.21. The zero-order chi connectivity index (χ0) is 12.8. The number of hydrogen-bond donors (Lipinski definition) is 0. The van der Waals surface area contributed by atoms with Crippen molar-refractivity contribution in [3.05, 3.63) is 43.0 Å². The van der Waals surface area contributed by atoms with Crippen molar-refractivity contribution in [3.8, 4) is 11.4 Å². The van der Waals surface area contributed by atoms with E-state index in [9.17, 15) is 0 Å². The Kier molecular flexibility index (Phi) is 4.33. The molecule has 0 aliphatic heterocycles. The number of hydrogen-bond acceptors (Lipinski definition) is 4. The molecule has 0 radical (unpaired) electrons. The number of nitrogens with zero attached hydrogens (tertiary/aromatic N) is 2. The molecule has 0 amide bonds. The second-order valence-corrected chi connectivity index (χ2v) is 3.68. The minimum atomic E-state index is -0.349. The second kappa shape index (κ2) is 6.18. The third-order valence-electron chi connectivity index (χ3n) is 2.55. The highest BCUT2D eigenvalue weighted by molar-refractivity contribution is 5.37. The Hall–Kier alpha value is -1.85. The van der Waals surface area contributed by atoms with Gasteiger partial charge in [0.05, 0.1) is 6.33 Å². The van der Waals surface area contributed by atoms with E-state index in [-0.39, 0.29) is 6.29 Å². The topological polar surface area (TPSA) is 45.5 Å². The maximum Gasteiger partial charge on any atom is 0.191 e. The Bertz CT molecular complexity index is 450. The van der Waals surface area contributed by atoms with Crippen molar-refractivity contribution >= 4 is 0 Å². The summed E-state index contributed by atoms with van der Waals surface area (Å²) in [6, 6.07) is 7.73.